The minimum atomic E-state index is -3.78. The predicted molar refractivity (Wildman–Crippen MR) is 113 cm³/mol. The Labute approximate surface area is 173 Å². The third-order valence-electron chi connectivity index (χ3n) is 5.00. The molecule has 0 bridgehead atoms. The van der Waals surface area contributed by atoms with E-state index in [-0.39, 0.29) is 16.7 Å². The Morgan fingerprint density at radius 2 is 1.93 bits per heavy atom. The highest BCUT2D eigenvalue weighted by Gasteiger charge is 2.39. The molecule has 0 spiro atoms. The van der Waals surface area contributed by atoms with Crippen molar-refractivity contribution < 1.29 is 13.2 Å². The number of rotatable bonds is 5. The molecule has 1 aliphatic rings. The number of anilines is 1. The number of amides is 1. The summed E-state index contributed by atoms with van der Waals surface area (Å²) in [6.07, 6.45) is 1.12. The maximum absolute atomic E-state index is 13.3. The fourth-order valence-corrected chi connectivity index (χ4v) is 5.90. The molecule has 1 atom stereocenters. The van der Waals surface area contributed by atoms with Gasteiger partial charge in [0.25, 0.3) is 0 Å². The summed E-state index contributed by atoms with van der Waals surface area (Å²) in [5.74, 6) is -0.146. The van der Waals surface area contributed by atoms with Gasteiger partial charge in [-0.25, -0.2) is 8.42 Å². The van der Waals surface area contributed by atoms with Crippen molar-refractivity contribution in [3.05, 3.63) is 47.5 Å². The minimum absolute atomic E-state index is 0.203. The zero-order valence-corrected chi connectivity index (χ0v) is 17.8. The van der Waals surface area contributed by atoms with Gasteiger partial charge < -0.3 is 0 Å². The number of hydrogen-bond donors (Lipinski definition) is 1. The van der Waals surface area contributed by atoms with Crippen LogP contribution in [0.1, 0.15) is 37.6 Å². The van der Waals surface area contributed by atoms with Gasteiger partial charge in [-0.3, -0.25) is 10.1 Å². The first-order valence-corrected chi connectivity index (χ1v) is 11.8. The summed E-state index contributed by atoms with van der Waals surface area (Å²) in [7, 11) is -3.78. The number of carbonyl (C=O) groups is 1. The lowest BCUT2D eigenvalue weighted by Crippen LogP contribution is -2.43. The minimum Gasteiger partial charge on any atom is -0.299 e. The largest absolute Gasteiger partial charge is 0.299 e. The number of nitrogens with one attached hydrogen (secondary N) is 1. The number of hydrogen-bond acceptors (Lipinski definition) is 6. The summed E-state index contributed by atoms with van der Waals surface area (Å²) in [6, 6.07) is 11.9. The van der Waals surface area contributed by atoms with Crippen molar-refractivity contribution >= 4 is 43.2 Å². The summed E-state index contributed by atoms with van der Waals surface area (Å²) in [4.78, 5) is 13.0. The Morgan fingerprint density at radius 3 is 2.66 bits per heavy atom. The zero-order chi connectivity index (χ0) is 20.6. The van der Waals surface area contributed by atoms with Gasteiger partial charge >= 0.3 is 0 Å². The molecule has 0 radical (unpaired) electrons. The van der Waals surface area contributed by atoms with Crippen molar-refractivity contribution in [2.45, 2.75) is 43.5 Å². The molecule has 1 aliphatic heterocycles. The number of aromatic nitrogens is 2. The van der Waals surface area contributed by atoms with E-state index in [1.165, 1.54) is 15.6 Å². The fraction of sp³-hybridized carbons (Fsp3) is 0.350. The number of nitrogens with zero attached hydrogens (tertiary/aromatic N) is 3. The van der Waals surface area contributed by atoms with E-state index in [0.29, 0.717) is 24.5 Å². The number of sulfonamides is 1. The summed E-state index contributed by atoms with van der Waals surface area (Å²) >= 11 is 1.31. The van der Waals surface area contributed by atoms with Gasteiger partial charge in [0.05, 0.1) is 4.90 Å². The molecule has 1 saturated heterocycles. The van der Waals surface area contributed by atoms with Crippen LogP contribution >= 0.6 is 11.3 Å². The van der Waals surface area contributed by atoms with Crippen LogP contribution in [-0.2, 0) is 14.8 Å². The van der Waals surface area contributed by atoms with Gasteiger partial charge in [-0.05, 0) is 35.7 Å². The van der Waals surface area contributed by atoms with Crippen molar-refractivity contribution in [3.8, 4) is 0 Å². The van der Waals surface area contributed by atoms with Crippen LogP contribution in [0.2, 0.25) is 0 Å². The summed E-state index contributed by atoms with van der Waals surface area (Å²) < 4.78 is 27.8. The molecule has 1 fully saturated rings. The fourth-order valence-electron chi connectivity index (χ4n) is 3.46. The average molecular weight is 431 g/mol. The highest BCUT2D eigenvalue weighted by Crippen LogP contribution is 2.29. The third kappa shape index (κ3) is 3.90. The van der Waals surface area contributed by atoms with E-state index in [9.17, 15) is 13.2 Å². The van der Waals surface area contributed by atoms with E-state index in [2.05, 4.69) is 15.5 Å². The monoisotopic (exact) mass is 430 g/mol. The Balaban J connectivity index is 1.57. The van der Waals surface area contributed by atoms with Crippen LogP contribution < -0.4 is 5.32 Å². The molecule has 1 N–H and O–H groups in total. The predicted octanol–water partition coefficient (Wildman–Crippen LogP) is 3.61. The van der Waals surface area contributed by atoms with Crippen molar-refractivity contribution in [3.63, 3.8) is 0 Å². The van der Waals surface area contributed by atoms with E-state index < -0.39 is 16.1 Å². The van der Waals surface area contributed by atoms with Gasteiger partial charge in [-0.1, -0.05) is 55.5 Å². The van der Waals surface area contributed by atoms with Crippen molar-refractivity contribution in [2.75, 3.05) is 11.9 Å². The Morgan fingerprint density at radius 1 is 1.17 bits per heavy atom. The normalized spacial score (nSPS) is 17.8. The van der Waals surface area contributed by atoms with Crippen LogP contribution in [0.4, 0.5) is 5.13 Å². The summed E-state index contributed by atoms with van der Waals surface area (Å²) in [5.41, 5.74) is 0. The highest BCUT2D eigenvalue weighted by atomic mass is 32.2. The second-order valence-corrected chi connectivity index (χ2v) is 10.3. The first-order valence-electron chi connectivity index (χ1n) is 9.51. The van der Waals surface area contributed by atoms with E-state index in [1.54, 1.807) is 18.2 Å². The van der Waals surface area contributed by atoms with Crippen LogP contribution in [-0.4, -0.2) is 41.4 Å². The molecule has 7 nitrogen and oxygen atoms in total. The second kappa shape index (κ2) is 7.81. The molecule has 1 amide bonds. The molecule has 2 heterocycles. The lowest BCUT2D eigenvalue weighted by molar-refractivity contribution is -0.119. The van der Waals surface area contributed by atoms with Crippen molar-refractivity contribution in [2.24, 2.45) is 0 Å². The van der Waals surface area contributed by atoms with Gasteiger partial charge in [0, 0.05) is 12.5 Å². The highest BCUT2D eigenvalue weighted by molar-refractivity contribution is 7.89. The lowest BCUT2D eigenvalue weighted by atomic mass is 10.1. The van der Waals surface area contributed by atoms with Crippen LogP contribution in [0.3, 0.4) is 0 Å². The average Bonchev–Trinajstić information content (AvgIpc) is 3.37. The molecule has 0 aliphatic carbocycles. The summed E-state index contributed by atoms with van der Waals surface area (Å²) in [5, 5.41) is 13.8. The van der Waals surface area contributed by atoms with E-state index in [0.717, 1.165) is 15.8 Å². The first-order chi connectivity index (χ1) is 13.9. The van der Waals surface area contributed by atoms with E-state index in [1.807, 2.05) is 38.1 Å². The van der Waals surface area contributed by atoms with Gasteiger partial charge in [-0.15, -0.1) is 10.2 Å². The van der Waals surface area contributed by atoms with Crippen molar-refractivity contribution in [1.82, 2.24) is 14.5 Å². The number of fused-ring (bicyclic) bond motifs is 1. The van der Waals surface area contributed by atoms with Gasteiger partial charge in [0.2, 0.25) is 21.1 Å². The van der Waals surface area contributed by atoms with Crippen LogP contribution in [0.5, 0.6) is 0 Å². The van der Waals surface area contributed by atoms with Gasteiger partial charge in [-0.2, -0.15) is 4.31 Å². The molecular weight excluding hydrogens is 408 g/mol. The topological polar surface area (TPSA) is 92.3 Å². The molecule has 29 heavy (non-hydrogen) atoms. The molecule has 3 aromatic rings. The molecule has 1 aromatic heterocycles. The maximum atomic E-state index is 13.3. The van der Waals surface area contributed by atoms with Crippen molar-refractivity contribution in [1.29, 1.82) is 0 Å². The number of carbonyl (C=O) groups excluding carboxylic acids is 1. The van der Waals surface area contributed by atoms with Gasteiger partial charge in [0.15, 0.2) is 0 Å². The van der Waals surface area contributed by atoms with Gasteiger partial charge in [0.1, 0.15) is 11.0 Å². The zero-order valence-electron chi connectivity index (χ0n) is 16.2. The Hall–Kier alpha value is -2.36. The van der Waals surface area contributed by atoms with E-state index in [4.69, 9.17) is 0 Å². The Bertz CT molecular complexity index is 1160. The molecule has 152 valence electrons. The molecule has 0 saturated carbocycles. The second-order valence-electron chi connectivity index (χ2n) is 7.37. The van der Waals surface area contributed by atoms with Crippen LogP contribution in [0, 0.1) is 0 Å². The summed E-state index contributed by atoms with van der Waals surface area (Å²) in [6.45, 7) is 4.32. The Kier molecular flexibility index (Phi) is 5.37. The van der Waals surface area contributed by atoms with Crippen LogP contribution in [0.15, 0.2) is 47.4 Å². The molecule has 9 heteroatoms. The molecule has 2 aromatic carbocycles. The standard InChI is InChI=1S/C20H22N4O3S2/c1-13(2)19-22-23-20(28-19)21-18(25)17-8-5-11-24(17)29(26,27)16-10-9-14-6-3-4-7-15(14)12-16/h3-4,6-7,9-10,12-13,17H,5,8,11H2,1-2H3,(H,21,23,25)/t17-/m0/s1. The number of benzene rings is 2. The SMILES string of the molecule is CC(C)c1nnc(NC(=O)[C@@H]2CCCN2S(=O)(=O)c2ccc3ccccc3c2)s1. The molecule has 4 rings (SSSR count). The van der Waals surface area contributed by atoms with E-state index >= 15 is 0 Å². The lowest BCUT2D eigenvalue weighted by Gasteiger charge is -2.23. The maximum Gasteiger partial charge on any atom is 0.244 e. The smallest absolute Gasteiger partial charge is 0.244 e. The van der Waals surface area contributed by atoms with Crippen LogP contribution in [0.25, 0.3) is 10.8 Å². The first kappa shape index (κ1) is 19.9. The molecule has 0 unspecified atom stereocenters. The third-order valence-corrected chi connectivity index (χ3v) is 8.04. The quantitative estimate of drug-likeness (QED) is 0.668. The molecular formula is C20H22N4O3S2.